The second kappa shape index (κ2) is 7.91. The Labute approximate surface area is 168 Å². The van der Waals surface area contributed by atoms with Gasteiger partial charge in [0, 0.05) is 16.8 Å². The highest BCUT2D eigenvalue weighted by atomic mass is 16.5. The maximum Gasteiger partial charge on any atom is 0.256 e. The lowest BCUT2D eigenvalue weighted by Crippen LogP contribution is -2.03. The van der Waals surface area contributed by atoms with Gasteiger partial charge in [-0.1, -0.05) is 36.4 Å². The first-order chi connectivity index (χ1) is 14.2. The summed E-state index contributed by atoms with van der Waals surface area (Å²) in [7, 11) is 1.58. The molecule has 1 N–H and O–H groups in total. The standard InChI is InChI=1S/C24H18N2O3/c1-28-23-13-18(12-20-19-4-2-3-5-21(19)26-24(20)27)10-11-22(23)29-15-17-8-6-16(14-25)7-9-17/h2-13H,15H2,1H3,(H,26,27)/b20-12+. The second-order valence-corrected chi connectivity index (χ2v) is 6.57. The number of nitriles is 1. The van der Waals surface area contributed by atoms with Crippen molar-refractivity contribution in [2.45, 2.75) is 6.61 Å². The molecule has 0 aromatic heterocycles. The molecular formula is C24H18N2O3. The number of ether oxygens (including phenoxy) is 2. The van der Waals surface area contributed by atoms with Gasteiger partial charge in [0.05, 0.1) is 18.7 Å². The van der Waals surface area contributed by atoms with Gasteiger partial charge in [0.1, 0.15) is 6.61 Å². The van der Waals surface area contributed by atoms with Crippen LogP contribution < -0.4 is 14.8 Å². The van der Waals surface area contributed by atoms with E-state index < -0.39 is 0 Å². The lowest BCUT2D eigenvalue weighted by molar-refractivity contribution is -0.110. The number of rotatable bonds is 5. The highest BCUT2D eigenvalue weighted by molar-refractivity contribution is 6.34. The van der Waals surface area contributed by atoms with Gasteiger partial charge in [0.2, 0.25) is 0 Å². The summed E-state index contributed by atoms with van der Waals surface area (Å²) in [6, 6.07) is 22.5. The van der Waals surface area contributed by atoms with E-state index in [2.05, 4.69) is 11.4 Å². The van der Waals surface area contributed by atoms with Crippen molar-refractivity contribution in [3.63, 3.8) is 0 Å². The highest BCUT2D eigenvalue weighted by Crippen LogP contribution is 2.35. The molecule has 5 heteroatoms. The Morgan fingerprint density at radius 2 is 1.83 bits per heavy atom. The van der Waals surface area contributed by atoms with Gasteiger partial charge in [0.15, 0.2) is 11.5 Å². The monoisotopic (exact) mass is 382 g/mol. The topological polar surface area (TPSA) is 71.3 Å². The molecule has 4 rings (SSSR count). The molecule has 1 amide bonds. The van der Waals surface area contributed by atoms with Gasteiger partial charge in [-0.2, -0.15) is 5.26 Å². The maximum atomic E-state index is 12.3. The Balaban J connectivity index is 1.55. The number of methoxy groups -OCH3 is 1. The van der Waals surface area contributed by atoms with E-state index in [0.717, 1.165) is 22.4 Å². The van der Waals surface area contributed by atoms with E-state index in [1.165, 1.54) is 0 Å². The van der Waals surface area contributed by atoms with Crippen molar-refractivity contribution in [1.29, 1.82) is 5.26 Å². The normalized spacial score (nSPS) is 13.5. The number of benzene rings is 3. The molecule has 1 heterocycles. The second-order valence-electron chi connectivity index (χ2n) is 6.57. The molecule has 142 valence electrons. The molecule has 0 fully saturated rings. The fraction of sp³-hybridized carbons (Fsp3) is 0.0833. The van der Waals surface area contributed by atoms with Crippen LogP contribution in [0.5, 0.6) is 11.5 Å². The van der Waals surface area contributed by atoms with Crippen LogP contribution in [0, 0.1) is 11.3 Å². The van der Waals surface area contributed by atoms with Gasteiger partial charge in [-0.25, -0.2) is 0 Å². The van der Waals surface area contributed by atoms with E-state index in [9.17, 15) is 4.79 Å². The van der Waals surface area contributed by atoms with Crippen molar-refractivity contribution in [3.05, 3.63) is 89.0 Å². The fourth-order valence-corrected chi connectivity index (χ4v) is 3.18. The quantitative estimate of drug-likeness (QED) is 0.653. The summed E-state index contributed by atoms with van der Waals surface area (Å²) in [5, 5.41) is 11.7. The van der Waals surface area contributed by atoms with Crippen LogP contribution in [0.1, 0.15) is 22.3 Å². The highest BCUT2D eigenvalue weighted by Gasteiger charge is 2.23. The van der Waals surface area contributed by atoms with E-state index in [1.54, 1.807) is 19.2 Å². The maximum absolute atomic E-state index is 12.3. The summed E-state index contributed by atoms with van der Waals surface area (Å²) in [6.45, 7) is 0.359. The predicted octanol–water partition coefficient (Wildman–Crippen LogP) is 4.64. The number of fused-ring (bicyclic) bond motifs is 1. The Morgan fingerprint density at radius 1 is 1.03 bits per heavy atom. The number of anilines is 1. The van der Waals surface area contributed by atoms with Crippen molar-refractivity contribution in [2.24, 2.45) is 0 Å². The van der Waals surface area contributed by atoms with Gasteiger partial charge in [0.25, 0.3) is 5.91 Å². The van der Waals surface area contributed by atoms with Crippen LogP contribution in [-0.4, -0.2) is 13.0 Å². The van der Waals surface area contributed by atoms with Gasteiger partial charge < -0.3 is 14.8 Å². The number of carbonyl (C=O) groups is 1. The number of hydrogen-bond acceptors (Lipinski definition) is 4. The third-order valence-corrected chi connectivity index (χ3v) is 4.69. The van der Waals surface area contributed by atoms with Crippen molar-refractivity contribution < 1.29 is 14.3 Å². The summed E-state index contributed by atoms with van der Waals surface area (Å²) >= 11 is 0. The number of nitrogens with zero attached hydrogens (tertiary/aromatic N) is 1. The predicted molar refractivity (Wildman–Crippen MR) is 111 cm³/mol. The average molecular weight is 382 g/mol. The first-order valence-electron chi connectivity index (χ1n) is 9.10. The number of hydrogen-bond donors (Lipinski definition) is 1. The lowest BCUT2D eigenvalue weighted by Gasteiger charge is -2.12. The molecule has 3 aromatic rings. The van der Waals surface area contributed by atoms with E-state index in [-0.39, 0.29) is 5.91 Å². The Morgan fingerprint density at radius 3 is 2.59 bits per heavy atom. The SMILES string of the molecule is COc1cc(/C=C2/C(=O)Nc3ccccc32)ccc1OCc1ccc(C#N)cc1. The lowest BCUT2D eigenvalue weighted by atomic mass is 10.0. The summed E-state index contributed by atoms with van der Waals surface area (Å²) < 4.78 is 11.4. The van der Waals surface area contributed by atoms with Gasteiger partial charge in [-0.15, -0.1) is 0 Å². The molecular weight excluding hydrogens is 364 g/mol. The van der Waals surface area contributed by atoms with Crippen LogP contribution in [0.2, 0.25) is 0 Å². The Bertz CT molecular complexity index is 1140. The number of para-hydroxylation sites is 1. The van der Waals surface area contributed by atoms with Crippen molar-refractivity contribution in [2.75, 3.05) is 12.4 Å². The first kappa shape index (κ1) is 18.3. The summed E-state index contributed by atoms with van der Waals surface area (Å²) in [5.74, 6) is 1.07. The minimum atomic E-state index is -0.119. The van der Waals surface area contributed by atoms with Crippen LogP contribution in [0.25, 0.3) is 11.6 Å². The molecule has 29 heavy (non-hydrogen) atoms. The number of carbonyl (C=O) groups excluding carboxylic acids is 1. The molecule has 1 aliphatic heterocycles. The molecule has 0 unspecified atom stereocenters. The molecule has 1 aliphatic rings. The number of amides is 1. The Hall–Kier alpha value is -4.04. The minimum Gasteiger partial charge on any atom is -0.493 e. The van der Waals surface area contributed by atoms with E-state index in [4.69, 9.17) is 14.7 Å². The van der Waals surface area contributed by atoms with E-state index >= 15 is 0 Å². The van der Waals surface area contributed by atoms with Gasteiger partial charge in [-0.05, 0) is 47.5 Å². The molecule has 0 bridgehead atoms. The van der Waals surface area contributed by atoms with E-state index in [1.807, 2.05) is 60.7 Å². The third-order valence-electron chi connectivity index (χ3n) is 4.69. The molecule has 0 saturated carbocycles. The van der Waals surface area contributed by atoms with Crippen LogP contribution in [0.3, 0.4) is 0 Å². The molecule has 0 saturated heterocycles. The molecule has 0 aliphatic carbocycles. The summed E-state index contributed by atoms with van der Waals surface area (Å²) in [4.78, 5) is 12.3. The molecule has 0 spiro atoms. The van der Waals surface area contributed by atoms with Crippen molar-refractivity contribution >= 4 is 23.2 Å². The fourth-order valence-electron chi connectivity index (χ4n) is 3.18. The van der Waals surface area contributed by atoms with Crippen LogP contribution >= 0.6 is 0 Å². The third kappa shape index (κ3) is 3.83. The zero-order valence-electron chi connectivity index (χ0n) is 15.8. The first-order valence-corrected chi connectivity index (χ1v) is 9.10. The van der Waals surface area contributed by atoms with Crippen LogP contribution in [-0.2, 0) is 11.4 Å². The zero-order chi connectivity index (χ0) is 20.2. The zero-order valence-corrected chi connectivity index (χ0v) is 15.8. The van der Waals surface area contributed by atoms with Crippen LogP contribution in [0.4, 0.5) is 5.69 Å². The summed E-state index contributed by atoms with van der Waals surface area (Å²) in [5.41, 5.74) is 4.73. The van der Waals surface area contributed by atoms with Crippen molar-refractivity contribution in [1.82, 2.24) is 0 Å². The van der Waals surface area contributed by atoms with Gasteiger partial charge in [-0.3, -0.25) is 4.79 Å². The number of nitrogens with one attached hydrogen (secondary N) is 1. The average Bonchev–Trinajstić information content (AvgIpc) is 3.08. The summed E-state index contributed by atoms with van der Waals surface area (Å²) in [6.07, 6.45) is 1.84. The smallest absolute Gasteiger partial charge is 0.256 e. The van der Waals surface area contributed by atoms with E-state index in [0.29, 0.717) is 29.2 Å². The Kier molecular flexibility index (Phi) is 5.00. The van der Waals surface area contributed by atoms with Gasteiger partial charge >= 0.3 is 0 Å². The molecule has 3 aromatic carbocycles. The largest absolute Gasteiger partial charge is 0.493 e. The molecule has 5 nitrogen and oxygen atoms in total. The minimum absolute atomic E-state index is 0.119. The van der Waals surface area contributed by atoms with Crippen molar-refractivity contribution in [3.8, 4) is 17.6 Å². The molecule has 0 radical (unpaired) electrons. The van der Waals surface area contributed by atoms with Crippen LogP contribution in [0.15, 0.2) is 66.7 Å². The molecule has 0 atom stereocenters.